The van der Waals surface area contributed by atoms with Gasteiger partial charge in [0.1, 0.15) is 5.75 Å². The fourth-order valence-corrected chi connectivity index (χ4v) is 4.28. The van der Waals surface area contributed by atoms with Crippen molar-refractivity contribution >= 4 is 45.4 Å². The second kappa shape index (κ2) is 6.93. The first-order chi connectivity index (χ1) is 9.75. The van der Waals surface area contributed by atoms with Crippen LogP contribution in [0.3, 0.4) is 0 Å². The summed E-state index contributed by atoms with van der Waals surface area (Å²) < 4.78 is 28.2. The molecule has 0 radical (unpaired) electrons. The van der Waals surface area contributed by atoms with Crippen LogP contribution in [0.2, 0.25) is 5.02 Å². The van der Waals surface area contributed by atoms with Crippen molar-refractivity contribution < 1.29 is 17.9 Å². The number of nitrogens with two attached hydrogens (primary N) is 1. The van der Waals surface area contributed by atoms with E-state index in [4.69, 9.17) is 22.1 Å². The zero-order chi connectivity index (χ0) is 15.8. The molecule has 0 saturated carbocycles. The van der Waals surface area contributed by atoms with E-state index in [-0.39, 0.29) is 46.4 Å². The predicted molar refractivity (Wildman–Crippen MR) is 88.8 cm³/mol. The lowest BCUT2D eigenvalue weighted by Crippen LogP contribution is -2.38. The molecule has 6 nitrogen and oxygen atoms in total. The summed E-state index contributed by atoms with van der Waals surface area (Å²) in [4.78, 5) is 14.0. The van der Waals surface area contributed by atoms with E-state index in [0.29, 0.717) is 17.9 Å². The number of nitrogens with zero attached hydrogens (tertiary/aromatic N) is 1. The van der Waals surface area contributed by atoms with E-state index >= 15 is 0 Å². The van der Waals surface area contributed by atoms with Crippen LogP contribution in [0.1, 0.15) is 16.8 Å². The van der Waals surface area contributed by atoms with Crippen molar-refractivity contribution in [1.82, 2.24) is 4.90 Å². The summed E-state index contributed by atoms with van der Waals surface area (Å²) in [6.45, 7) is 0. The highest BCUT2D eigenvalue weighted by Gasteiger charge is 2.33. The number of sulfone groups is 1. The summed E-state index contributed by atoms with van der Waals surface area (Å²) in [7, 11) is -0.0470. The van der Waals surface area contributed by atoms with E-state index in [1.165, 1.54) is 24.1 Å². The van der Waals surface area contributed by atoms with E-state index in [1.54, 1.807) is 7.05 Å². The highest BCUT2D eigenvalue weighted by Crippen LogP contribution is 2.30. The first-order valence-electron chi connectivity index (χ1n) is 6.36. The Morgan fingerprint density at radius 2 is 2.09 bits per heavy atom. The smallest absolute Gasteiger partial charge is 0.257 e. The van der Waals surface area contributed by atoms with Crippen LogP contribution in [-0.4, -0.2) is 50.9 Å². The summed E-state index contributed by atoms with van der Waals surface area (Å²) >= 11 is 5.95. The SMILES string of the molecule is COc1cc(N)c(Cl)cc1C(=O)N(C)C1CCS(=O)(=O)C1.Cl. The highest BCUT2D eigenvalue weighted by atomic mass is 35.5. The van der Waals surface area contributed by atoms with Crippen LogP contribution in [0.5, 0.6) is 5.75 Å². The van der Waals surface area contributed by atoms with Gasteiger partial charge in [-0.05, 0) is 12.5 Å². The molecule has 1 aromatic carbocycles. The minimum Gasteiger partial charge on any atom is -0.496 e. The molecule has 124 valence electrons. The fraction of sp³-hybridized carbons (Fsp3) is 0.462. The summed E-state index contributed by atoms with van der Waals surface area (Å²) in [5.41, 5.74) is 6.27. The van der Waals surface area contributed by atoms with E-state index < -0.39 is 9.84 Å². The topological polar surface area (TPSA) is 89.7 Å². The van der Waals surface area contributed by atoms with Crippen molar-refractivity contribution in [2.75, 3.05) is 31.4 Å². The molecule has 1 aliphatic rings. The van der Waals surface area contributed by atoms with Crippen LogP contribution < -0.4 is 10.5 Å². The minimum atomic E-state index is -3.06. The highest BCUT2D eigenvalue weighted by molar-refractivity contribution is 7.91. The summed E-state index contributed by atoms with van der Waals surface area (Å²) in [6, 6.07) is 2.59. The molecule has 1 unspecified atom stereocenters. The number of hydrogen-bond acceptors (Lipinski definition) is 5. The molecule has 0 aliphatic carbocycles. The Morgan fingerprint density at radius 3 is 2.59 bits per heavy atom. The number of carbonyl (C=O) groups excluding carboxylic acids is 1. The molecule has 22 heavy (non-hydrogen) atoms. The van der Waals surface area contributed by atoms with Gasteiger partial charge in [-0.25, -0.2) is 8.42 Å². The van der Waals surface area contributed by atoms with E-state index in [9.17, 15) is 13.2 Å². The number of benzene rings is 1. The molecule has 2 N–H and O–H groups in total. The van der Waals surface area contributed by atoms with Crippen LogP contribution in [0.15, 0.2) is 12.1 Å². The van der Waals surface area contributed by atoms with Crippen molar-refractivity contribution in [3.63, 3.8) is 0 Å². The monoisotopic (exact) mass is 368 g/mol. The molecular weight excluding hydrogens is 351 g/mol. The second-order valence-electron chi connectivity index (χ2n) is 5.05. The summed E-state index contributed by atoms with van der Waals surface area (Å²) in [5, 5.41) is 0.256. The minimum absolute atomic E-state index is 0. The van der Waals surface area contributed by atoms with Crippen molar-refractivity contribution in [1.29, 1.82) is 0 Å². The van der Waals surface area contributed by atoms with Gasteiger partial charge < -0.3 is 15.4 Å². The number of methoxy groups -OCH3 is 1. The zero-order valence-electron chi connectivity index (χ0n) is 12.2. The first-order valence-corrected chi connectivity index (χ1v) is 8.55. The second-order valence-corrected chi connectivity index (χ2v) is 7.68. The molecule has 1 heterocycles. The molecule has 0 bridgehead atoms. The van der Waals surface area contributed by atoms with Gasteiger partial charge in [0.25, 0.3) is 5.91 Å². The fourth-order valence-electron chi connectivity index (χ4n) is 2.34. The molecule has 2 rings (SSSR count). The first kappa shape index (κ1) is 18.9. The normalized spacial score (nSPS) is 19.3. The average molecular weight is 369 g/mol. The molecular formula is C13H18Cl2N2O4S. The van der Waals surface area contributed by atoms with Gasteiger partial charge in [0.05, 0.1) is 34.9 Å². The summed E-state index contributed by atoms with van der Waals surface area (Å²) in [5.74, 6) is 0.0697. The van der Waals surface area contributed by atoms with Crippen molar-refractivity contribution in [3.8, 4) is 5.75 Å². The lowest BCUT2D eigenvalue weighted by atomic mass is 10.1. The van der Waals surface area contributed by atoms with Crippen molar-refractivity contribution in [2.24, 2.45) is 0 Å². The third-order valence-electron chi connectivity index (χ3n) is 3.63. The molecule has 1 amide bonds. The van der Waals surface area contributed by atoms with Gasteiger partial charge in [-0.2, -0.15) is 0 Å². The third-order valence-corrected chi connectivity index (χ3v) is 5.70. The van der Waals surface area contributed by atoms with E-state index in [0.717, 1.165) is 0 Å². The lowest BCUT2D eigenvalue weighted by molar-refractivity contribution is 0.0744. The number of nitrogen functional groups attached to an aromatic ring is 1. The van der Waals surface area contributed by atoms with Gasteiger partial charge in [-0.3, -0.25) is 4.79 Å². The predicted octanol–water partition coefficient (Wildman–Crippen LogP) is 1.61. The molecule has 9 heteroatoms. The number of rotatable bonds is 3. The Morgan fingerprint density at radius 1 is 1.45 bits per heavy atom. The van der Waals surface area contributed by atoms with Crippen LogP contribution in [0.4, 0.5) is 5.69 Å². The quantitative estimate of drug-likeness (QED) is 0.818. The third kappa shape index (κ3) is 3.77. The summed E-state index contributed by atoms with van der Waals surface area (Å²) in [6.07, 6.45) is 0.440. The molecule has 1 fully saturated rings. The van der Waals surface area contributed by atoms with Crippen LogP contribution in [0.25, 0.3) is 0 Å². The number of hydrogen-bond donors (Lipinski definition) is 1. The van der Waals surface area contributed by atoms with Crippen LogP contribution in [-0.2, 0) is 9.84 Å². The molecule has 1 aromatic rings. The van der Waals surface area contributed by atoms with Gasteiger partial charge in [0, 0.05) is 19.2 Å². The van der Waals surface area contributed by atoms with Crippen molar-refractivity contribution in [2.45, 2.75) is 12.5 Å². The van der Waals surface area contributed by atoms with Gasteiger partial charge >= 0.3 is 0 Å². The van der Waals surface area contributed by atoms with E-state index in [2.05, 4.69) is 0 Å². The van der Waals surface area contributed by atoms with Crippen LogP contribution >= 0.6 is 24.0 Å². The van der Waals surface area contributed by atoms with Crippen molar-refractivity contribution in [3.05, 3.63) is 22.7 Å². The molecule has 1 saturated heterocycles. The maximum atomic E-state index is 12.5. The molecule has 0 spiro atoms. The Hall–Kier alpha value is -1.18. The largest absolute Gasteiger partial charge is 0.496 e. The maximum Gasteiger partial charge on any atom is 0.257 e. The van der Waals surface area contributed by atoms with Gasteiger partial charge in [0.2, 0.25) is 0 Å². The number of ether oxygens (including phenoxy) is 1. The zero-order valence-corrected chi connectivity index (χ0v) is 14.6. The van der Waals surface area contributed by atoms with Gasteiger partial charge in [-0.15, -0.1) is 12.4 Å². The average Bonchev–Trinajstić information content (AvgIpc) is 2.80. The number of amides is 1. The lowest BCUT2D eigenvalue weighted by Gasteiger charge is -2.24. The Bertz CT molecular complexity index is 679. The number of anilines is 1. The van der Waals surface area contributed by atoms with Crippen LogP contribution in [0, 0.1) is 0 Å². The molecule has 0 aromatic heterocycles. The van der Waals surface area contributed by atoms with Gasteiger partial charge in [-0.1, -0.05) is 11.6 Å². The number of halogens is 2. The Balaban J connectivity index is 0.00000242. The number of carbonyl (C=O) groups is 1. The van der Waals surface area contributed by atoms with E-state index in [1.807, 2.05) is 0 Å². The Labute approximate surface area is 140 Å². The standard InChI is InChI=1S/C13H17ClN2O4S.ClH/c1-16(8-3-4-21(18,19)7-8)13(17)9-5-10(14)11(15)6-12(9)20-2;/h5-6,8H,3-4,7,15H2,1-2H3;1H. The molecule has 1 aliphatic heterocycles. The maximum absolute atomic E-state index is 12.5. The van der Waals surface area contributed by atoms with Gasteiger partial charge in [0.15, 0.2) is 9.84 Å². The molecule has 1 atom stereocenters. The Kier molecular flexibility index (Phi) is 5.95.